The van der Waals surface area contributed by atoms with Crippen LogP contribution in [0.15, 0.2) is 39.6 Å². The van der Waals surface area contributed by atoms with Crippen molar-refractivity contribution in [3.8, 4) is 5.75 Å². The first-order chi connectivity index (χ1) is 8.97. The number of anilines is 1. The zero-order chi connectivity index (χ0) is 14.0. The van der Waals surface area contributed by atoms with Gasteiger partial charge in [-0.2, -0.15) is 0 Å². The molecule has 0 saturated heterocycles. The van der Waals surface area contributed by atoms with Gasteiger partial charge >= 0.3 is 5.97 Å². The number of carbonyl (C=O) groups is 2. The molecule has 0 aliphatic heterocycles. The van der Waals surface area contributed by atoms with Gasteiger partial charge in [0.25, 0.3) is 5.91 Å². The number of carbonyl (C=O) groups excluding carboxylic acids is 1. The molecular weight excluding hydrogens is 318 g/mol. The van der Waals surface area contributed by atoms with E-state index in [2.05, 4.69) is 21.2 Å². The van der Waals surface area contributed by atoms with Crippen LogP contribution >= 0.6 is 15.9 Å². The maximum Gasteiger partial charge on any atom is 0.339 e. The average Bonchev–Trinajstić information content (AvgIpc) is 2.78. The molecule has 1 heterocycles. The highest BCUT2D eigenvalue weighted by molar-refractivity contribution is 9.10. The molecule has 0 fully saturated rings. The highest BCUT2D eigenvalue weighted by atomic mass is 79.9. The summed E-state index contributed by atoms with van der Waals surface area (Å²) in [5.74, 6) is -2.09. The molecular formula is C12H8BrNO5. The zero-order valence-electron chi connectivity index (χ0n) is 9.38. The van der Waals surface area contributed by atoms with Gasteiger partial charge in [-0.3, -0.25) is 4.79 Å². The molecule has 1 aromatic carbocycles. The number of hydrogen-bond donors (Lipinski definition) is 3. The van der Waals surface area contributed by atoms with Crippen LogP contribution in [0.5, 0.6) is 5.75 Å². The lowest BCUT2D eigenvalue weighted by molar-refractivity contribution is 0.0693. The Morgan fingerprint density at radius 3 is 2.58 bits per heavy atom. The number of carboxylic acids is 1. The van der Waals surface area contributed by atoms with Gasteiger partial charge in [0.05, 0.1) is 5.56 Å². The lowest BCUT2D eigenvalue weighted by Gasteiger charge is -2.05. The summed E-state index contributed by atoms with van der Waals surface area (Å²) in [6.45, 7) is 0. The molecule has 6 nitrogen and oxygen atoms in total. The minimum Gasteiger partial charge on any atom is -0.507 e. The zero-order valence-corrected chi connectivity index (χ0v) is 11.0. The Morgan fingerprint density at radius 2 is 2.00 bits per heavy atom. The molecule has 2 rings (SSSR count). The topological polar surface area (TPSA) is 99.8 Å². The summed E-state index contributed by atoms with van der Waals surface area (Å²) in [7, 11) is 0. The number of amides is 1. The van der Waals surface area contributed by atoms with Crippen LogP contribution in [-0.2, 0) is 0 Å². The fourth-order valence-corrected chi connectivity index (χ4v) is 1.76. The van der Waals surface area contributed by atoms with Crippen LogP contribution in [0.4, 0.5) is 5.69 Å². The number of aromatic carboxylic acids is 1. The van der Waals surface area contributed by atoms with Crippen LogP contribution in [0, 0.1) is 0 Å². The van der Waals surface area contributed by atoms with E-state index in [0.29, 0.717) is 4.67 Å². The predicted molar refractivity (Wildman–Crippen MR) is 69.4 cm³/mol. The second-order valence-corrected chi connectivity index (χ2v) is 4.41. The summed E-state index contributed by atoms with van der Waals surface area (Å²) in [6, 6.07) is 5.25. The minimum absolute atomic E-state index is 0.262. The molecule has 0 aliphatic rings. The Morgan fingerprint density at radius 1 is 1.26 bits per heavy atom. The van der Waals surface area contributed by atoms with Crippen LogP contribution in [0.1, 0.15) is 20.7 Å². The van der Waals surface area contributed by atoms with E-state index in [1.807, 2.05) is 0 Å². The maximum absolute atomic E-state index is 11.8. The van der Waals surface area contributed by atoms with Crippen molar-refractivity contribution in [2.45, 2.75) is 0 Å². The Kier molecular flexibility index (Phi) is 3.57. The molecule has 3 N–H and O–H groups in total. The smallest absolute Gasteiger partial charge is 0.339 e. The summed E-state index contributed by atoms with van der Waals surface area (Å²) in [5, 5.41) is 20.7. The van der Waals surface area contributed by atoms with Crippen molar-refractivity contribution in [2.24, 2.45) is 0 Å². The lowest BCUT2D eigenvalue weighted by Crippen LogP contribution is -2.11. The fourth-order valence-electron chi connectivity index (χ4n) is 1.42. The fraction of sp³-hybridized carbons (Fsp3) is 0. The van der Waals surface area contributed by atoms with Crippen LogP contribution in [0.25, 0.3) is 0 Å². The lowest BCUT2D eigenvalue weighted by atomic mass is 10.1. The minimum atomic E-state index is -1.28. The number of phenols is 1. The highest BCUT2D eigenvalue weighted by Crippen LogP contribution is 2.22. The van der Waals surface area contributed by atoms with Gasteiger partial charge in [-0.25, -0.2) is 4.79 Å². The SMILES string of the molecule is O=C(Nc1ccc(O)c(C(=O)O)c1)c1coc(Br)c1. The number of aromatic hydroxyl groups is 1. The van der Waals surface area contributed by atoms with Crippen molar-refractivity contribution in [1.82, 2.24) is 0 Å². The van der Waals surface area contributed by atoms with Gasteiger partial charge in [0, 0.05) is 11.8 Å². The van der Waals surface area contributed by atoms with E-state index in [1.54, 1.807) is 0 Å². The third-order valence-corrected chi connectivity index (χ3v) is 2.73. The van der Waals surface area contributed by atoms with Gasteiger partial charge in [0.1, 0.15) is 17.6 Å². The second kappa shape index (κ2) is 5.15. The summed E-state index contributed by atoms with van der Waals surface area (Å²) >= 11 is 3.07. The van der Waals surface area contributed by atoms with Gasteiger partial charge in [0.15, 0.2) is 4.67 Å². The predicted octanol–water partition coefficient (Wildman–Crippen LogP) is 2.70. The standard InChI is InChI=1S/C12H8BrNO5/c13-10-3-6(5-19-10)11(16)14-7-1-2-9(15)8(4-7)12(17)18/h1-5,15H,(H,14,16)(H,17,18). The van der Waals surface area contributed by atoms with E-state index in [9.17, 15) is 14.7 Å². The largest absolute Gasteiger partial charge is 0.507 e. The molecule has 0 unspecified atom stereocenters. The van der Waals surface area contributed by atoms with Gasteiger partial charge in [-0.15, -0.1) is 0 Å². The average molecular weight is 326 g/mol. The van der Waals surface area contributed by atoms with Gasteiger partial charge in [-0.1, -0.05) is 0 Å². The van der Waals surface area contributed by atoms with E-state index >= 15 is 0 Å². The van der Waals surface area contributed by atoms with Crippen molar-refractivity contribution in [3.05, 3.63) is 46.3 Å². The molecule has 0 atom stereocenters. The van der Waals surface area contributed by atoms with E-state index in [-0.39, 0.29) is 22.6 Å². The normalized spacial score (nSPS) is 10.2. The van der Waals surface area contributed by atoms with Gasteiger partial charge in [-0.05, 0) is 34.1 Å². The van der Waals surface area contributed by atoms with Crippen LogP contribution in [0.3, 0.4) is 0 Å². The number of nitrogens with one attached hydrogen (secondary N) is 1. The van der Waals surface area contributed by atoms with Crippen LogP contribution in [0.2, 0.25) is 0 Å². The molecule has 7 heteroatoms. The van der Waals surface area contributed by atoms with Gasteiger partial charge < -0.3 is 19.9 Å². The Labute approximate surface area is 115 Å². The first kappa shape index (κ1) is 13.2. The first-order valence-electron chi connectivity index (χ1n) is 5.09. The number of carboxylic acid groups (broad SMARTS) is 1. The molecule has 0 bridgehead atoms. The Bertz CT molecular complexity index is 649. The number of furan rings is 1. The molecule has 1 amide bonds. The number of hydrogen-bond acceptors (Lipinski definition) is 4. The third kappa shape index (κ3) is 2.94. The van der Waals surface area contributed by atoms with Crippen LogP contribution in [-0.4, -0.2) is 22.1 Å². The van der Waals surface area contributed by atoms with Crippen molar-refractivity contribution < 1.29 is 24.2 Å². The van der Waals surface area contributed by atoms with E-state index in [4.69, 9.17) is 9.52 Å². The van der Waals surface area contributed by atoms with Crippen molar-refractivity contribution >= 4 is 33.5 Å². The summed E-state index contributed by atoms with van der Waals surface area (Å²) in [5.41, 5.74) is 0.264. The Balaban J connectivity index is 2.22. The van der Waals surface area contributed by atoms with E-state index in [1.165, 1.54) is 30.5 Å². The second-order valence-electron chi connectivity index (χ2n) is 3.63. The number of halogens is 1. The van der Waals surface area contributed by atoms with Crippen molar-refractivity contribution in [3.63, 3.8) is 0 Å². The first-order valence-corrected chi connectivity index (χ1v) is 5.88. The molecule has 98 valence electrons. The van der Waals surface area contributed by atoms with Crippen LogP contribution < -0.4 is 5.32 Å². The molecule has 0 saturated carbocycles. The third-order valence-electron chi connectivity index (χ3n) is 2.31. The summed E-state index contributed by atoms with van der Waals surface area (Å²) < 4.78 is 5.34. The maximum atomic E-state index is 11.8. The Hall–Kier alpha value is -2.28. The van der Waals surface area contributed by atoms with Crippen molar-refractivity contribution in [2.75, 3.05) is 5.32 Å². The van der Waals surface area contributed by atoms with E-state index in [0.717, 1.165) is 0 Å². The number of benzene rings is 1. The molecule has 2 aromatic rings. The summed E-state index contributed by atoms with van der Waals surface area (Å²) in [6.07, 6.45) is 1.26. The molecule has 19 heavy (non-hydrogen) atoms. The molecule has 0 aliphatic carbocycles. The summed E-state index contributed by atoms with van der Waals surface area (Å²) in [4.78, 5) is 22.6. The van der Waals surface area contributed by atoms with E-state index < -0.39 is 11.9 Å². The van der Waals surface area contributed by atoms with Crippen molar-refractivity contribution in [1.29, 1.82) is 0 Å². The highest BCUT2D eigenvalue weighted by Gasteiger charge is 2.13. The number of rotatable bonds is 3. The quantitative estimate of drug-likeness (QED) is 0.753. The molecule has 1 aromatic heterocycles. The molecule has 0 radical (unpaired) electrons. The molecule has 0 spiro atoms. The monoisotopic (exact) mass is 325 g/mol. The van der Waals surface area contributed by atoms with Gasteiger partial charge in [0.2, 0.25) is 0 Å².